The maximum Gasteiger partial charge on any atom is 0.335 e. The SMILES string of the molecule is CC(=O)N/N=C\c1cc(Br)ccc1OCc1ccc(C(=O)O)cc1. The van der Waals surface area contributed by atoms with Crippen LogP contribution in [0.1, 0.15) is 28.4 Å². The molecular weight excluding hydrogens is 376 g/mol. The van der Waals surface area contributed by atoms with Crippen molar-refractivity contribution < 1.29 is 19.4 Å². The zero-order valence-electron chi connectivity index (χ0n) is 12.8. The van der Waals surface area contributed by atoms with Crippen LogP contribution in [0, 0.1) is 0 Å². The van der Waals surface area contributed by atoms with Crippen LogP contribution in [-0.4, -0.2) is 23.2 Å². The van der Waals surface area contributed by atoms with Crippen LogP contribution >= 0.6 is 15.9 Å². The number of hydrogen-bond donors (Lipinski definition) is 2. The Balaban J connectivity index is 2.09. The standard InChI is InChI=1S/C17H15BrN2O4/c1-11(21)20-19-9-14-8-15(18)6-7-16(14)24-10-12-2-4-13(5-3-12)17(22)23/h2-9H,10H2,1H3,(H,20,21)(H,22,23)/b19-9-. The molecule has 0 aromatic heterocycles. The van der Waals surface area contributed by atoms with Crippen molar-refractivity contribution in [3.63, 3.8) is 0 Å². The number of hydrazone groups is 1. The van der Waals surface area contributed by atoms with Gasteiger partial charge in [0, 0.05) is 17.0 Å². The van der Waals surface area contributed by atoms with Crippen LogP contribution in [0.4, 0.5) is 0 Å². The van der Waals surface area contributed by atoms with Crippen molar-refractivity contribution in [2.75, 3.05) is 0 Å². The average molecular weight is 391 g/mol. The van der Waals surface area contributed by atoms with Crippen LogP contribution in [0.2, 0.25) is 0 Å². The van der Waals surface area contributed by atoms with E-state index < -0.39 is 5.97 Å². The first-order chi connectivity index (χ1) is 11.5. The van der Waals surface area contributed by atoms with Crippen LogP contribution in [-0.2, 0) is 11.4 Å². The maximum atomic E-state index is 10.9. The van der Waals surface area contributed by atoms with Crippen LogP contribution in [0.25, 0.3) is 0 Å². The first kappa shape index (κ1) is 17.7. The molecular formula is C17H15BrN2O4. The second-order valence-corrected chi connectivity index (χ2v) is 5.81. The fraction of sp³-hybridized carbons (Fsp3) is 0.118. The molecule has 2 aromatic carbocycles. The van der Waals surface area contributed by atoms with Crippen molar-refractivity contribution in [1.29, 1.82) is 0 Å². The Kier molecular flexibility index (Phi) is 6.08. The van der Waals surface area contributed by atoms with Gasteiger partial charge in [0.2, 0.25) is 5.91 Å². The van der Waals surface area contributed by atoms with Gasteiger partial charge < -0.3 is 9.84 Å². The number of rotatable bonds is 6. The largest absolute Gasteiger partial charge is 0.488 e. The first-order valence-corrected chi connectivity index (χ1v) is 7.79. The summed E-state index contributed by atoms with van der Waals surface area (Å²) < 4.78 is 6.62. The molecule has 0 saturated heterocycles. The van der Waals surface area contributed by atoms with Gasteiger partial charge in [-0.05, 0) is 35.9 Å². The molecule has 0 radical (unpaired) electrons. The predicted octanol–water partition coefficient (Wildman–Crippen LogP) is 3.20. The van der Waals surface area contributed by atoms with E-state index >= 15 is 0 Å². The van der Waals surface area contributed by atoms with Crippen molar-refractivity contribution in [1.82, 2.24) is 5.43 Å². The Morgan fingerprint density at radius 3 is 2.58 bits per heavy atom. The highest BCUT2D eigenvalue weighted by atomic mass is 79.9. The lowest BCUT2D eigenvalue weighted by molar-refractivity contribution is -0.118. The van der Waals surface area contributed by atoms with E-state index in [0.717, 1.165) is 10.0 Å². The van der Waals surface area contributed by atoms with Crippen LogP contribution in [0.5, 0.6) is 5.75 Å². The number of nitrogens with zero attached hydrogens (tertiary/aromatic N) is 1. The van der Waals surface area contributed by atoms with E-state index in [1.54, 1.807) is 18.2 Å². The van der Waals surface area contributed by atoms with Gasteiger partial charge in [-0.15, -0.1) is 0 Å². The van der Waals surface area contributed by atoms with Crippen LogP contribution in [0.3, 0.4) is 0 Å². The van der Waals surface area contributed by atoms with Gasteiger partial charge in [-0.25, -0.2) is 10.2 Å². The molecule has 2 aromatic rings. The summed E-state index contributed by atoms with van der Waals surface area (Å²) in [4.78, 5) is 21.7. The number of aromatic carboxylic acids is 1. The molecule has 124 valence electrons. The molecule has 24 heavy (non-hydrogen) atoms. The number of benzene rings is 2. The van der Waals surface area contributed by atoms with E-state index in [9.17, 15) is 9.59 Å². The van der Waals surface area contributed by atoms with Gasteiger partial charge in [0.15, 0.2) is 0 Å². The summed E-state index contributed by atoms with van der Waals surface area (Å²) in [6, 6.07) is 11.9. The monoisotopic (exact) mass is 390 g/mol. The molecule has 0 spiro atoms. The first-order valence-electron chi connectivity index (χ1n) is 7.00. The fourth-order valence-corrected chi connectivity index (χ4v) is 2.23. The Hall–Kier alpha value is -2.67. The minimum absolute atomic E-state index is 0.227. The maximum absolute atomic E-state index is 10.9. The highest BCUT2D eigenvalue weighted by Gasteiger charge is 2.05. The summed E-state index contributed by atoms with van der Waals surface area (Å²) in [6.45, 7) is 1.65. The Morgan fingerprint density at radius 2 is 1.96 bits per heavy atom. The van der Waals surface area contributed by atoms with Gasteiger partial charge >= 0.3 is 5.97 Å². The number of nitrogens with one attached hydrogen (secondary N) is 1. The number of carboxylic acid groups (broad SMARTS) is 1. The number of ether oxygens (including phenoxy) is 1. The molecule has 0 saturated carbocycles. The third-order valence-corrected chi connectivity index (χ3v) is 3.49. The molecule has 0 aliphatic heterocycles. The summed E-state index contributed by atoms with van der Waals surface area (Å²) in [7, 11) is 0. The molecule has 2 rings (SSSR count). The number of halogens is 1. The fourth-order valence-electron chi connectivity index (χ4n) is 1.85. The average Bonchev–Trinajstić information content (AvgIpc) is 2.54. The third kappa shape index (κ3) is 5.20. The van der Waals surface area contributed by atoms with E-state index in [1.165, 1.54) is 25.3 Å². The van der Waals surface area contributed by atoms with Gasteiger partial charge in [-0.3, -0.25) is 4.79 Å². The van der Waals surface area contributed by atoms with Crippen LogP contribution in [0.15, 0.2) is 52.0 Å². The number of amides is 1. The van der Waals surface area contributed by atoms with Crippen molar-refractivity contribution in [2.24, 2.45) is 5.10 Å². The van der Waals surface area contributed by atoms with Gasteiger partial charge in [-0.1, -0.05) is 28.1 Å². The van der Waals surface area contributed by atoms with E-state index in [-0.39, 0.29) is 18.1 Å². The summed E-state index contributed by atoms with van der Waals surface area (Å²) >= 11 is 3.37. The number of hydrogen-bond acceptors (Lipinski definition) is 4. The van der Waals surface area contributed by atoms with E-state index in [2.05, 4.69) is 26.5 Å². The number of carbonyl (C=O) groups is 2. The Morgan fingerprint density at radius 1 is 1.25 bits per heavy atom. The van der Waals surface area contributed by atoms with Gasteiger partial charge in [-0.2, -0.15) is 5.10 Å². The second kappa shape index (κ2) is 8.26. The molecule has 0 bridgehead atoms. The normalized spacial score (nSPS) is 10.6. The van der Waals surface area contributed by atoms with E-state index in [0.29, 0.717) is 11.3 Å². The summed E-state index contributed by atoms with van der Waals surface area (Å²) in [5.41, 5.74) is 4.10. The zero-order valence-corrected chi connectivity index (χ0v) is 14.4. The Bertz CT molecular complexity index is 773. The highest BCUT2D eigenvalue weighted by Crippen LogP contribution is 2.23. The molecule has 1 amide bonds. The Labute approximate surface area is 147 Å². The zero-order chi connectivity index (χ0) is 17.5. The molecule has 0 aliphatic carbocycles. The molecule has 0 aliphatic rings. The smallest absolute Gasteiger partial charge is 0.335 e. The molecule has 2 N–H and O–H groups in total. The third-order valence-electron chi connectivity index (χ3n) is 2.99. The highest BCUT2D eigenvalue weighted by molar-refractivity contribution is 9.10. The van der Waals surface area contributed by atoms with Crippen molar-refractivity contribution in [3.8, 4) is 5.75 Å². The molecule has 0 heterocycles. The topological polar surface area (TPSA) is 88.0 Å². The summed E-state index contributed by atoms with van der Waals surface area (Å²) in [6.07, 6.45) is 1.50. The minimum Gasteiger partial charge on any atom is -0.488 e. The minimum atomic E-state index is -0.966. The van der Waals surface area contributed by atoms with Gasteiger partial charge in [0.25, 0.3) is 0 Å². The van der Waals surface area contributed by atoms with E-state index in [4.69, 9.17) is 9.84 Å². The lowest BCUT2D eigenvalue weighted by Crippen LogP contribution is -2.12. The lowest BCUT2D eigenvalue weighted by Gasteiger charge is -2.10. The second-order valence-electron chi connectivity index (χ2n) is 4.90. The van der Waals surface area contributed by atoms with Gasteiger partial charge in [0.05, 0.1) is 11.8 Å². The molecule has 0 atom stereocenters. The lowest BCUT2D eigenvalue weighted by atomic mass is 10.1. The van der Waals surface area contributed by atoms with Crippen LogP contribution < -0.4 is 10.2 Å². The van der Waals surface area contributed by atoms with Crippen molar-refractivity contribution >= 4 is 34.0 Å². The van der Waals surface area contributed by atoms with Crippen molar-refractivity contribution in [3.05, 3.63) is 63.6 Å². The van der Waals surface area contributed by atoms with Crippen molar-refractivity contribution in [2.45, 2.75) is 13.5 Å². The predicted molar refractivity (Wildman–Crippen MR) is 93.3 cm³/mol. The molecule has 0 fully saturated rings. The molecule has 6 nitrogen and oxygen atoms in total. The summed E-state index contributed by atoms with van der Waals surface area (Å²) in [5, 5.41) is 12.7. The van der Waals surface area contributed by atoms with Gasteiger partial charge in [0.1, 0.15) is 12.4 Å². The van der Waals surface area contributed by atoms with E-state index in [1.807, 2.05) is 12.1 Å². The number of carboxylic acids is 1. The molecule has 7 heteroatoms. The quantitative estimate of drug-likeness (QED) is 0.585. The number of carbonyl (C=O) groups excluding carboxylic acids is 1. The molecule has 0 unspecified atom stereocenters. The summed E-state index contributed by atoms with van der Waals surface area (Å²) in [5.74, 6) is -0.635.